The van der Waals surface area contributed by atoms with Gasteiger partial charge in [0.05, 0.1) is 0 Å². The van der Waals surface area contributed by atoms with Crippen molar-refractivity contribution in [1.29, 1.82) is 0 Å². The molecule has 0 aliphatic rings. The van der Waals surface area contributed by atoms with Crippen molar-refractivity contribution in [3.8, 4) is 0 Å². The highest BCUT2D eigenvalue weighted by atomic mass is 79.9. The summed E-state index contributed by atoms with van der Waals surface area (Å²) in [5.74, 6) is -0.346. The molecule has 0 bridgehead atoms. The van der Waals surface area contributed by atoms with E-state index in [0.29, 0.717) is 18.6 Å². The summed E-state index contributed by atoms with van der Waals surface area (Å²) in [6.45, 7) is 4.27. The SMILES string of the molecule is CCOC(CC)C(=O)Cc1cc(F)ccc1Br. The van der Waals surface area contributed by atoms with Crippen LogP contribution in [0.1, 0.15) is 25.8 Å². The largest absolute Gasteiger partial charge is 0.371 e. The smallest absolute Gasteiger partial charge is 0.165 e. The van der Waals surface area contributed by atoms with Crippen LogP contribution >= 0.6 is 15.9 Å². The monoisotopic (exact) mass is 302 g/mol. The van der Waals surface area contributed by atoms with E-state index >= 15 is 0 Å². The van der Waals surface area contributed by atoms with E-state index in [1.807, 2.05) is 13.8 Å². The molecule has 0 N–H and O–H groups in total. The fraction of sp³-hybridized carbons (Fsp3) is 0.462. The number of ketones is 1. The van der Waals surface area contributed by atoms with Crippen LogP contribution in [-0.2, 0) is 16.0 Å². The molecule has 1 atom stereocenters. The van der Waals surface area contributed by atoms with Crippen LogP contribution in [0, 0.1) is 5.82 Å². The molecule has 4 heteroatoms. The Morgan fingerprint density at radius 1 is 1.47 bits per heavy atom. The van der Waals surface area contributed by atoms with Gasteiger partial charge in [-0.3, -0.25) is 4.79 Å². The lowest BCUT2D eigenvalue weighted by Gasteiger charge is -2.14. The molecule has 0 heterocycles. The van der Waals surface area contributed by atoms with Gasteiger partial charge >= 0.3 is 0 Å². The van der Waals surface area contributed by atoms with Crippen molar-refractivity contribution in [3.63, 3.8) is 0 Å². The lowest BCUT2D eigenvalue weighted by molar-refractivity contribution is -0.129. The number of rotatable bonds is 6. The lowest BCUT2D eigenvalue weighted by Crippen LogP contribution is -2.25. The third kappa shape index (κ3) is 4.21. The predicted molar refractivity (Wildman–Crippen MR) is 68.5 cm³/mol. The molecule has 2 nitrogen and oxygen atoms in total. The molecule has 1 aromatic rings. The molecular formula is C13H16BrFO2. The van der Waals surface area contributed by atoms with Crippen LogP contribution in [0.25, 0.3) is 0 Å². The summed E-state index contributed by atoms with van der Waals surface area (Å²) >= 11 is 3.31. The Morgan fingerprint density at radius 3 is 2.76 bits per heavy atom. The van der Waals surface area contributed by atoms with E-state index in [2.05, 4.69) is 15.9 Å². The van der Waals surface area contributed by atoms with Crippen molar-refractivity contribution in [2.45, 2.75) is 32.8 Å². The van der Waals surface area contributed by atoms with E-state index in [1.165, 1.54) is 12.1 Å². The predicted octanol–water partition coefficient (Wildman–Crippen LogP) is 3.51. The Labute approximate surface area is 109 Å². The third-order valence-electron chi connectivity index (χ3n) is 2.47. The first-order valence-corrected chi connectivity index (χ1v) is 6.46. The standard InChI is InChI=1S/C13H16BrFO2/c1-3-13(17-4-2)12(16)8-9-7-10(15)5-6-11(9)14/h5-7,13H,3-4,8H2,1-2H3. The summed E-state index contributed by atoms with van der Waals surface area (Å²) in [5, 5.41) is 0. The van der Waals surface area contributed by atoms with Gasteiger partial charge in [0.25, 0.3) is 0 Å². The zero-order valence-electron chi connectivity index (χ0n) is 10.0. The summed E-state index contributed by atoms with van der Waals surface area (Å²) in [6, 6.07) is 4.35. The molecule has 0 saturated carbocycles. The quantitative estimate of drug-likeness (QED) is 0.804. The minimum Gasteiger partial charge on any atom is -0.371 e. The van der Waals surface area contributed by atoms with Crippen molar-refractivity contribution in [2.75, 3.05) is 6.61 Å². The van der Waals surface area contributed by atoms with E-state index in [4.69, 9.17) is 4.74 Å². The summed E-state index contributed by atoms with van der Waals surface area (Å²) in [4.78, 5) is 11.9. The molecule has 0 aliphatic carbocycles. The molecule has 1 rings (SSSR count). The van der Waals surface area contributed by atoms with E-state index in [0.717, 1.165) is 4.47 Å². The minimum absolute atomic E-state index is 0.0133. The Bertz CT molecular complexity index is 393. The van der Waals surface area contributed by atoms with Gasteiger partial charge in [-0.05, 0) is 37.1 Å². The van der Waals surface area contributed by atoms with Gasteiger partial charge in [0, 0.05) is 17.5 Å². The maximum atomic E-state index is 13.1. The molecule has 1 unspecified atom stereocenters. The minimum atomic E-state index is -0.393. The highest BCUT2D eigenvalue weighted by molar-refractivity contribution is 9.10. The molecule has 0 amide bonds. The second-order valence-electron chi connectivity index (χ2n) is 3.73. The number of carbonyl (C=O) groups is 1. The van der Waals surface area contributed by atoms with Gasteiger partial charge in [0.15, 0.2) is 5.78 Å². The van der Waals surface area contributed by atoms with E-state index in [1.54, 1.807) is 6.07 Å². The number of halogens is 2. The summed E-state index contributed by atoms with van der Waals surface area (Å²) in [5.41, 5.74) is 0.660. The van der Waals surface area contributed by atoms with E-state index in [9.17, 15) is 9.18 Å². The van der Waals surface area contributed by atoms with Gasteiger partial charge in [0.2, 0.25) is 0 Å². The Hall–Kier alpha value is -0.740. The van der Waals surface area contributed by atoms with Crippen molar-refractivity contribution < 1.29 is 13.9 Å². The zero-order valence-corrected chi connectivity index (χ0v) is 11.6. The van der Waals surface area contributed by atoms with Crippen LogP contribution in [0.3, 0.4) is 0 Å². The fourth-order valence-electron chi connectivity index (χ4n) is 1.62. The van der Waals surface area contributed by atoms with Crippen LogP contribution in [0.4, 0.5) is 4.39 Å². The molecule has 0 fully saturated rings. The molecule has 0 radical (unpaired) electrons. The van der Waals surface area contributed by atoms with Gasteiger partial charge in [0.1, 0.15) is 11.9 Å². The van der Waals surface area contributed by atoms with Crippen molar-refractivity contribution in [3.05, 3.63) is 34.1 Å². The second kappa shape index (κ2) is 6.87. The molecule has 17 heavy (non-hydrogen) atoms. The molecule has 1 aromatic carbocycles. The number of ether oxygens (including phenoxy) is 1. The van der Waals surface area contributed by atoms with E-state index in [-0.39, 0.29) is 18.0 Å². The molecule has 0 aliphatic heterocycles. The molecule has 0 aromatic heterocycles. The fourth-order valence-corrected chi connectivity index (χ4v) is 2.01. The van der Waals surface area contributed by atoms with Gasteiger partial charge in [-0.25, -0.2) is 4.39 Å². The molecule has 94 valence electrons. The number of hydrogen-bond donors (Lipinski definition) is 0. The highest BCUT2D eigenvalue weighted by Gasteiger charge is 2.18. The average Bonchev–Trinajstić information content (AvgIpc) is 2.30. The molecule has 0 saturated heterocycles. The first kappa shape index (κ1) is 14.3. The van der Waals surface area contributed by atoms with Gasteiger partial charge in [-0.1, -0.05) is 22.9 Å². The third-order valence-corrected chi connectivity index (χ3v) is 3.24. The van der Waals surface area contributed by atoms with Crippen LogP contribution in [0.5, 0.6) is 0 Å². The van der Waals surface area contributed by atoms with E-state index < -0.39 is 6.10 Å². The number of benzene rings is 1. The van der Waals surface area contributed by atoms with Crippen molar-refractivity contribution in [1.82, 2.24) is 0 Å². The molecule has 0 spiro atoms. The van der Waals surface area contributed by atoms with Gasteiger partial charge in [-0.2, -0.15) is 0 Å². The van der Waals surface area contributed by atoms with Crippen LogP contribution in [0.15, 0.2) is 22.7 Å². The van der Waals surface area contributed by atoms with Gasteiger partial charge < -0.3 is 4.74 Å². The number of carbonyl (C=O) groups excluding carboxylic acids is 1. The highest BCUT2D eigenvalue weighted by Crippen LogP contribution is 2.19. The maximum absolute atomic E-state index is 13.1. The summed E-state index contributed by atoms with van der Waals surface area (Å²) in [6.07, 6.45) is 0.436. The first-order chi connectivity index (χ1) is 8.08. The van der Waals surface area contributed by atoms with Crippen LogP contribution in [0.2, 0.25) is 0 Å². The Morgan fingerprint density at radius 2 is 2.18 bits per heavy atom. The van der Waals surface area contributed by atoms with Crippen LogP contribution < -0.4 is 0 Å². The average molecular weight is 303 g/mol. The maximum Gasteiger partial charge on any atom is 0.165 e. The Kier molecular flexibility index (Phi) is 5.78. The van der Waals surface area contributed by atoms with Gasteiger partial charge in [-0.15, -0.1) is 0 Å². The summed E-state index contributed by atoms with van der Waals surface area (Å²) in [7, 11) is 0. The lowest BCUT2D eigenvalue weighted by atomic mass is 10.0. The van der Waals surface area contributed by atoms with Crippen molar-refractivity contribution in [2.24, 2.45) is 0 Å². The number of hydrogen-bond acceptors (Lipinski definition) is 2. The first-order valence-electron chi connectivity index (χ1n) is 5.66. The summed E-state index contributed by atoms with van der Waals surface area (Å²) < 4.78 is 19.2. The zero-order chi connectivity index (χ0) is 12.8. The topological polar surface area (TPSA) is 26.3 Å². The second-order valence-corrected chi connectivity index (χ2v) is 4.59. The normalized spacial score (nSPS) is 12.5. The van der Waals surface area contributed by atoms with Crippen LogP contribution in [-0.4, -0.2) is 18.5 Å². The Balaban J connectivity index is 2.76. The van der Waals surface area contributed by atoms with Crippen molar-refractivity contribution >= 4 is 21.7 Å². The molecular weight excluding hydrogens is 287 g/mol. The number of Topliss-reactive ketones (excluding diaryl/α,β-unsaturated/α-hetero) is 1.